The van der Waals surface area contributed by atoms with Crippen molar-refractivity contribution in [2.45, 2.75) is 6.42 Å². The van der Waals surface area contributed by atoms with Gasteiger partial charge in [0.1, 0.15) is 5.75 Å². The fraction of sp³-hybridized carbons (Fsp3) is 0.500. The van der Waals surface area contributed by atoms with Crippen LogP contribution in [0.4, 0.5) is 5.69 Å². The molecule has 2 aliphatic heterocycles. The number of hydrogen-bond acceptors (Lipinski definition) is 4. The largest absolute Gasteiger partial charge is 0.497 e. The summed E-state index contributed by atoms with van der Waals surface area (Å²) < 4.78 is 10.5. The van der Waals surface area contributed by atoms with E-state index in [0.717, 1.165) is 5.69 Å². The van der Waals surface area contributed by atoms with Gasteiger partial charge in [-0.2, -0.15) is 0 Å². The number of anilines is 1. The SMILES string of the molecule is COc1cccc(N2C[C@H](C(=O)N3CCOCC3)CC2=O)c1. The van der Waals surface area contributed by atoms with Crippen LogP contribution in [0.1, 0.15) is 6.42 Å². The van der Waals surface area contributed by atoms with E-state index in [4.69, 9.17) is 9.47 Å². The van der Waals surface area contributed by atoms with Gasteiger partial charge in [0, 0.05) is 37.8 Å². The van der Waals surface area contributed by atoms with Crippen molar-refractivity contribution in [3.63, 3.8) is 0 Å². The minimum atomic E-state index is -0.267. The highest BCUT2D eigenvalue weighted by molar-refractivity contribution is 6.00. The molecule has 22 heavy (non-hydrogen) atoms. The molecule has 2 saturated heterocycles. The minimum absolute atomic E-state index is 0.0140. The molecule has 1 aromatic carbocycles. The summed E-state index contributed by atoms with van der Waals surface area (Å²) in [4.78, 5) is 28.2. The third kappa shape index (κ3) is 2.92. The molecule has 2 fully saturated rings. The number of ether oxygens (including phenoxy) is 2. The Morgan fingerprint density at radius 2 is 2.09 bits per heavy atom. The van der Waals surface area contributed by atoms with Gasteiger partial charge in [-0.15, -0.1) is 0 Å². The van der Waals surface area contributed by atoms with Crippen molar-refractivity contribution in [3.05, 3.63) is 24.3 Å². The molecule has 0 radical (unpaired) electrons. The van der Waals surface area contributed by atoms with Crippen molar-refractivity contribution in [1.29, 1.82) is 0 Å². The molecule has 2 aliphatic rings. The highest BCUT2D eigenvalue weighted by atomic mass is 16.5. The third-order valence-electron chi connectivity index (χ3n) is 4.16. The fourth-order valence-electron chi connectivity index (χ4n) is 2.94. The van der Waals surface area contributed by atoms with Crippen molar-refractivity contribution < 1.29 is 19.1 Å². The lowest BCUT2D eigenvalue weighted by Crippen LogP contribution is -2.44. The number of morpholine rings is 1. The smallest absolute Gasteiger partial charge is 0.228 e. The lowest BCUT2D eigenvalue weighted by molar-refractivity contribution is -0.139. The third-order valence-corrected chi connectivity index (χ3v) is 4.16. The number of carbonyl (C=O) groups excluding carboxylic acids is 2. The van der Waals surface area contributed by atoms with Gasteiger partial charge < -0.3 is 19.3 Å². The Kier molecular flexibility index (Phi) is 4.29. The normalized spacial score (nSPS) is 22.0. The Labute approximate surface area is 129 Å². The molecule has 0 aliphatic carbocycles. The second-order valence-corrected chi connectivity index (χ2v) is 5.54. The predicted molar refractivity (Wildman–Crippen MR) is 80.9 cm³/mol. The van der Waals surface area contributed by atoms with E-state index in [2.05, 4.69) is 0 Å². The molecule has 0 bridgehead atoms. The van der Waals surface area contributed by atoms with Crippen molar-refractivity contribution in [1.82, 2.24) is 4.90 Å². The van der Waals surface area contributed by atoms with Crippen LogP contribution in [-0.2, 0) is 14.3 Å². The maximum absolute atomic E-state index is 12.5. The van der Waals surface area contributed by atoms with Crippen LogP contribution < -0.4 is 9.64 Å². The van der Waals surface area contributed by atoms with Crippen molar-refractivity contribution in [2.24, 2.45) is 5.92 Å². The van der Waals surface area contributed by atoms with Crippen LogP contribution in [0.15, 0.2) is 24.3 Å². The first kappa shape index (κ1) is 14.8. The van der Waals surface area contributed by atoms with E-state index >= 15 is 0 Å². The Hall–Kier alpha value is -2.08. The van der Waals surface area contributed by atoms with E-state index in [-0.39, 0.29) is 24.2 Å². The molecule has 2 heterocycles. The molecular weight excluding hydrogens is 284 g/mol. The molecule has 0 N–H and O–H groups in total. The number of benzene rings is 1. The van der Waals surface area contributed by atoms with Crippen LogP contribution in [0.5, 0.6) is 5.75 Å². The van der Waals surface area contributed by atoms with Crippen LogP contribution in [0.25, 0.3) is 0 Å². The molecule has 2 amide bonds. The Balaban J connectivity index is 1.71. The van der Waals surface area contributed by atoms with E-state index < -0.39 is 0 Å². The van der Waals surface area contributed by atoms with Gasteiger partial charge in [-0.05, 0) is 12.1 Å². The Bertz CT molecular complexity index is 569. The molecule has 0 saturated carbocycles. The molecule has 118 valence electrons. The van der Waals surface area contributed by atoms with Crippen molar-refractivity contribution in [3.8, 4) is 5.75 Å². The molecule has 6 heteroatoms. The van der Waals surface area contributed by atoms with Gasteiger partial charge in [0.05, 0.1) is 26.2 Å². The van der Waals surface area contributed by atoms with E-state index in [1.807, 2.05) is 24.3 Å². The number of amides is 2. The van der Waals surface area contributed by atoms with Gasteiger partial charge in [-0.3, -0.25) is 9.59 Å². The Morgan fingerprint density at radius 3 is 2.82 bits per heavy atom. The van der Waals surface area contributed by atoms with Crippen LogP contribution in [0.3, 0.4) is 0 Å². The zero-order valence-corrected chi connectivity index (χ0v) is 12.7. The standard InChI is InChI=1S/C16H20N2O4/c1-21-14-4-2-3-13(10-14)18-11-12(9-15(18)19)16(20)17-5-7-22-8-6-17/h2-4,10,12H,5-9,11H2,1H3/t12-/m1/s1. The molecule has 6 nitrogen and oxygen atoms in total. The second kappa shape index (κ2) is 6.36. The summed E-state index contributed by atoms with van der Waals surface area (Å²) in [6.07, 6.45) is 0.271. The fourth-order valence-corrected chi connectivity index (χ4v) is 2.94. The molecular formula is C16H20N2O4. The summed E-state index contributed by atoms with van der Waals surface area (Å²) >= 11 is 0. The van der Waals surface area contributed by atoms with Gasteiger partial charge >= 0.3 is 0 Å². The van der Waals surface area contributed by atoms with Gasteiger partial charge in [-0.25, -0.2) is 0 Å². The van der Waals surface area contributed by atoms with Gasteiger partial charge in [0.25, 0.3) is 0 Å². The molecule has 1 atom stereocenters. The van der Waals surface area contributed by atoms with Gasteiger partial charge in [-0.1, -0.05) is 6.07 Å². The van der Waals surface area contributed by atoms with Crippen LogP contribution in [0.2, 0.25) is 0 Å². The summed E-state index contributed by atoms with van der Waals surface area (Å²) in [5, 5.41) is 0. The van der Waals surface area contributed by atoms with Crippen LogP contribution in [-0.4, -0.2) is 56.7 Å². The average Bonchev–Trinajstić information content (AvgIpc) is 2.97. The maximum atomic E-state index is 12.5. The lowest BCUT2D eigenvalue weighted by atomic mass is 10.1. The first-order chi connectivity index (χ1) is 10.7. The minimum Gasteiger partial charge on any atom is -0.497 e. The highest BCUT2D eigenvalue weighted by Crippen LogP contribution is 2.28. The maximum Gasteiger partial charge on any atom is 0.228 e. The number of hydrogen-bond donors (Lipinski definition) is 0. The Morgan fingerprint density at radius 1 is 1.32 bits per heavy atom. The summed E-state index contributed by atoms with van der Waals surface area (Å²) in [5.74, 6) is 0.479. The first-order valence-electron chi connectivity index (χ1n) is 7.50. The van der Waals surface area contributed by atoms with Gasteiger partial charge in [0.2, 0.25) is 11.8 Å². The summed E-state index contributed by atoms with van der Waals surface area (Å²) in [5.41, 5.74) is 0.779. The predicted octanol–water partition coefficient (Wildman–Crippen LogP) is 0.907. The van der Waals surface area contributed by atoms with Crippen molar-refractivity contribution in [2.75, 3.05) is 44.9 Å². The quantitative estimate of drug-likeness (QED) is 0.833. The monoisotopic (exact) mass is 304 g/mol. The molecule has 1 aromatic rings. The summed E-state index contributed by atoms with van der Waals surface area (Å²) in [7, 11) is 1.59. The molecule has 0 spiro atoms. The van der Waals surface area contributed by atoms with E-state index in [1.165, 1.54) is 0 Å². The lowest BCUT2D eigenvalue weighted by Gasteiger charge is -2.29. The second-order valence-electron chi connectivity index (χ2n) is 5.54. The highest BCUT2D eigenvalue weighted by Gasteiger charge is 2.37. The molecule has 3 rings (SSSR count). The number of carbonyl (C=O) groups is 2. The van der Waals surface area contributed by atoms with E-state index in [0.29, 0.717) is 38.6 Å². The molecule has 0 unspecified atom stereocenters. The average molecular weight is 304 g/mol. The van der Waals surface area contributed by atoms with Crippen LogP contribution >= 0.6 is 0 Å². The summed E-state index contributed by atoms with van der Waals surface area (Å²) in [6, 6.07) is 7.36. The van der Waals surface area contributed by atoms with E-state index in [9.17, 15) is 9.59 Å². The first-order valence-corrected chi connectivity index (χ1v) is 7.50. The number of nitrogens with zero attached hydrogens (tertiary/aromatic N) is 2. The van der Waals surface area contributed by atoms with E-state index in [1.54, 1.807) is 16.9 Å². The number of methoxy groups -OCH3 is 1. The number of rotatable bonds is 3. The molecule has 0 aromatic heterocycles. The topological polar surface area (TPSA) is 59.1 Å². The summed E-state index contributed by atoms with van der Waals surface area (Å²) in [6.45, 7) is 2.81. The van der Waals surface area contributed by atoms with Crippen LogP contribution in [0, 0.1) is 5.92 Å². The zero-order valence-electron chi connectivity index (χ0n) is 12.7. The van der Waals surface area contributed by atoms with Crippen molar-refractivity contribution >= 4 is 17.5 Å². The zero-order chi connectivity index (χ0) is 15.5. The van der Waals surface area contributed by atoms with Gasteiger partial charge in [0.15, 0.2) is 0 Å².